The molecule has 3 aromatic rings. The van der Waals surface area contributed by atoms with Crippen LogP contribution in [0, 0.1) is 6.92 Å². The van der Waals surface area contributed by atoms with Gasteiger partial charge in [0.1, 0.15) is 5.02 Å². The molecule has 1 saturated heterocycles. The van der Waals surface area contributed by atoms with E-state index in [4.69, 9.17) is 11.6 Å². The highest BCUT2D eigenvalue weighted by molar-refractivity contribution is 7.13. The van der Waals surface area contributed by atoms with Gasteiger partial charge >= 0.3 is 0 Å². The smallest absolute Gasteiger partial charge is 0.270 e. The lowest BCUT2D eigenvalue weighted by atomic mass is 9.93. The van der Waals surface area contributed by atoms with Crippen LogP contribution < -0.4 is 5.56 Å². The normalized spacial score (nSPS) is 15.0. The maximum absolute atomic E-state index is 12.6. The standard InChI is InChI=1S/C18H17ClN6O2S/c1-10-15(28-9-20-10)16-23-14(13(19)17(26)24-16)11-3-6-25(7-4-11)18(27)12-2-5-21-22-8-12/h2,5,8-9,11H,3-4,6-7H2,1H3,(H,23,24,26). The van der Waals surface area contributed by atoms with E-state index in [-0.39, 0.29) is 22.4 Å². The van der Waals surface area contributed by atoms with Crippen LogP contribution in [0.5, 0.6) is 0 Å². The number of aryl methyl sites for hydroxylation is 1. The number of H-pyrrole nitrogens is 1. The maximum atomic E-state index is 12.6. The summed E-state index contributed by atoms with van der Waals surface area (Å²) in [4.78, 5) is 39.1. The minimum Gasteiger partial charge on any atom is -0.339 e. The molecule has 1 amide bonds. The Kier molecular flexibility index (Phi) is 5.19. The molecule has 0 unspecified atom stereocenters. The third-order valence-electron chi connectivity index (χ3n) is 4.85. The molecular weight excluding hydrogens is 400 g/mol. The van der Waals surface area contributed by atoms with Crippen molar-refractivity contribution in [2.24, 2.45) is 0 Å². The molecule has 0 radical (unpaired) electrons. The first-order valence-electron chi connectivity index (χ1n) is 8.80. The molecular formula is C18H17ClN6O2S. The van der Waals surface area contributed by atoms with Gasteiger partial charge < -0.3 is 9.88 Å². The van der Waals surface area contributed by atoms with Crippen molar-refractivity contribution in [3.05, 3.63) is 56.3 Å². The second-order valence-electron chi connectivity index (χ2n) is 6.58. The average Bonchev–Trinajstić information content (AvgIpc) is 3.16. The van der Waals surface area contributed by atoms with Crippen LogP contribution in [-0.4, -0.2) is 49.0 Å². The number of nitrogens with one attached hydrogen (secondary N) is 1. The van der Waals surface area contributed by atoms with E-state index in [2.05, 4.69) is 25.1 Å². The molecule has 4 heterocycles. The maximum Gasteiger partial charge on any atom is 0.270 e. The summed E-state index contributed by atoms with van der Waals surface area (Å²) >= 11 is 7.70. The second kappa shape index (κ2) is 7.76. The molecule has 28 heavy (non-hydrogen) atoms. The lowest BCUT2D eigenvalue weighted by Crippen LogP contribution is -2.38. The number of hydrogen-bond donors (Lipinski definition) is 1. The monoisotopic (exact) mass is 416 g/mol. The Bertz CT molecular complexity index is 1060. The van der Waals surface area contributed by atoms with E-state index in [1.165, 1.54) is 23.7 Å². The number of aromatic nitrogens is 5. The van der Waals surface area contributed by atoms with Gasteiger partial charge in [-0.05, 0) is 25.8 Å². The lowest BCUT2D eigenvalue weighted by Gasteiger charge is -2.32. The van der Waals surface area contributed by atoms with Crippen LogP contribution >= 0.6 is 22.9 Å². The summed E-state index contributed by atoms with van der Waals surface area (Å²) in [5, 5.41) is 7.58. The van der Waals surface area contributed by atoms with Crippen LogP contribution in [-0.2, 0) is 0 Å². The highest BCUT2D eigenvalue weighted by Gasteiger charge is 2.28. The second-order valence-corrected chi connectivity index (χ2v) is 7.81. The van der Waals surface area contributed by atoms with Gasteiger partial charge in [0.05, 0.1) is 39.7 Å². The summed E-state index contributed by atoms with van der Waals surface area (Å²) in [5.74, 6) is 0.437. The summed E-state index contributed by atoms with van der Waals surface area (Å²) in [5.41, 5.74) is 3.29. The molecule has 0 bridgehead atoms. The third-order valence-corrected chi connectivity index (χ3v) is 6.15. The number of aromatic amines is 1. The van der Waals surface area contributed by atoms with Crippen molar-refractivity contribution in [1.82, 2.24) is 30.0 Å². The van der Waals surface area contributed by atoms with Gasteiger partial charge in [0, 0.05) is 19.0 Å². The van der Waals surface area contributed by atoms with Crippen LogP contribution in [0.1, 0.15) is 40.5 Å². The predicted molar refractivity (Wildman–Crippen MR) is 106 cm³/mol. The van der Waals surface area contributed by atoms with E-state index >= 15 is 0 Å². The number of hydrogen-bond acceptors (Lipinski definition) is 7. The van der Waals surface area contributed by atoms with Crippen LogP contribution in [0.3, 0.4) is 0 Å². The van der Waals surface area contributed by atoms with E-state index in [0.29, 0.717) is 43.0 Å². The average molecular weight is 417 g/mol. The first-order valence-corrected chi connectivity index (χ1v) is 10.1. The number of amides is 1. The molecule has 1 aliphatic rings. The molecule has 1 aliphatic heterocycles. The number of rotatable bonds is 3. The Morgan fingerprint density at radius 1 is 1.32 bits per heavy atom. The largest absolute Gasteiger partial charge is 0.339 e. The summed E-state index contributed by atoms with van der Waals surface area (Å²) in [6.45, 7) is 3.00. The topological polar surface area (TPSA) is 105 Å². The SMILES string of the molecule is Cc1ncsc1-c1nc(C2CCN(C(=O)c3ccnnc3)CC2)c(Cl)c(=O)[nH]1. The van der Waals surface area contributed by atoms with E-state index in [1.807, 2.05) is 6.92 Å². The summed E-state index contributed by atoms with van der Waals surface area (Å²) < 4.78 is 0. The third kappa shape index (κ3) is 3.55. The Labute approximate surface area is 169 Å². The van der Waals surface area contributed by atoms with Gasteiger partial charge in [-0.2, -0.15) is 10.2 Å². The van der Waals surface area contributed by atoms with Crippen LogP contribution in [0.2, 0.25) is 5.02 Å². The number of nitrogens with zero attached hydrogens (tertiary/aromatic N) is 5. The van der Waals surface area contributed by atoms with Crippen LogP contribution in [0.4, 0.5) is 0 Å². The zero-order valence-electron chi connectivity index (χ0n) is 15.1. The molecule has 1 fully saturated rings. The molecule has 8 nitrogen and oxygen atoms in total. The molecule has 0 spiro atoms. The molecule has 0 atom stereocenters. The van der Waals surface area contributed by atoms with Crippen molar-refractivity contribution in [3.8, 4) is 10.7 Å². The van der Waals surface area contributed by atoms with Crippen molar-refractivity contribution in [2.75, 3.05) is 13.1 Å². The number of carbonyl (C=O) groups is 1. The van der Waals surface area contributed by atoms with Gasteiger partial charge in [-0.25, -0.2) is 9.97 Å². The van der Waals surface area contributed by atoms with Gasteiger partial charge in [0.25, 0.3) is 11.5 Å². The summed E-state index contributed by atoms with van der Waals surface area (Å²) in [7, 11) is 0. The van der Waals surface area contributed by atoms with Gasteiger partial charge in [-0.3, -0.25) is 9.59 Å². The molecule has 3 aromatic heterocycles. The molecule has 10 heteroatoms. The number of thiazole rings is 1. The van der Waals surface area contributed by atoms with Crippen molar-refractivity contribution in [1.29, 1.82) is 0 Å². The van der Waals surface area contributed by atoms with Gasteiger partial charge in [-0.1, -0.05) is 11.6 Å². The highest BCUT2D eigenvalue weighted by Crippen LogP contribution is 2.32. The fraction of sp³-hybridized carbons (Fsp3) is 0.333. The van der Waals surface area contributed by atoms with Crippen molar-refractivity contribution in [2.45, 2.75) is 25.7 Å². The minimum absolute atomic E-state index is 0.0152. The zero-order valence-corrected chi connectivity index (χ0v) is 16.6. The molecule has 4 rings (SSSR count). The van der Waals surface area contributed by atoms with Crippen molar-refractivity contribution in [3.63, 3.8) is 0 Å². The first kappa shape index (κ1) is 18.7. The Morgan fingerprint density at radius 3 is 2.75 bits per heavy atom. The molecule has 144 valence electrons. The van der Waals surface area contributed by atoms with Gasteiger partial charge in [-0.15, -0.1) is 11.3 Å². The molecule has 1 N–H and O–H groups in total. The Hall–Kier alpha value is -2.65. The van der Waals surface area contributed by atoms with E-state index in [0.717, 1.165) is 10.6 Å². The number of likely N-dealkylation sites (tertiary alicyclic amines) is 1. The quantitative estimate of drug-likeness (QED) is 0.703. The van der Waals surface area contributed by atoms with Crippen LogP contribution in [0.15, 0.2) is 28.8 Å². The minimum atomic E-state index is -0.351. The Morgan fingerprint density at radius 2 is 2.11 bits per heavy atom. The van der Waals surface area contributed by atoms with Gasteiger partial charge in [0.2, 0.25) is 0 Å². The van der Waals surface area contributed by atoms with E-state index in [9.17, 15) is 9.59 Å². The van der Waals surface area contributed by atoms with Crippen molar-refractivity contribution >= 4 is 28.8 Å². The fourth-order valence-electron chi connectivity index (χ4n) is 3.34. The summed E-state index contributed by atoms with van der Waals surface area (Å²) in [6.07, 6.45) is 4.33. The fourth-order valence-corrected chi connectivity index (χ4v) is 4.33. The highest BCUT2D eigenvalue weighted by atomic mass is 35.5. The summed E-state index contributed by atoms with van der Waals surface area (Å²) in [6, 6.07) is 1.65. The number of halogens is 1. The van der Waals surface area contributed by atoms with Crippen LogP contribution in [0.25, 0.3) is 10.7 Å². The molecule has 0 aliphatic carbocycles. The van der Waals surface area contributed by atoms with Crippen molar-refractivity contribution < 1.29 is 4.79 Å². The van der Waals surface area contributed by atoms with Gasteiger partial charge in [0.15, 0.2) is 5.82 Å². The van der Waals surface area contributed by atoms with E-state index in [1.54, 1.807) is 16.5 Å². The van der Waals surface area contributed by atoms with E-state index < -0.39 is 0 Å². The predicted octanol–water partition coefficient (Wildman–Crippen LogP) is 2.67. The number of carbonyl (C=O) groups excluding carboxylic acids is 1. The zero-order chi connectivity index (χ0) is 19.7. The molecule has 0 saturated carbocycles. The lowest BCUT2D eigenvalue weighted by molar-refractivity contribution is 0.0711. The number of piperidine rings is 1. The Balaban J connectivity index is 1.55. The first-order chi connectivity index (χ1) is 13.5. The molecule has 0 aromatic carbocycles.